The minimum atomic E-state index is 0.0778. The average Bonchev–Trinajstić information content (AvgIpc) is 3.09. The molecule has 3 aromatic rings. The zero-order valence-corrected chi connectivity index (χ0v) is 15.4. The number of hydrogen-bond donors (Lipinski definition) is 2. The maximum absolute atomic E-state index is 9.67. The Balaban J connectivity index is 1.67. The number of aromatic hydroxyl groups is 1. The van der Waals surface area contributed by atoms with Crippen LogP contribution >= 0.6 is 0 Å². The van der Waals surface area contributed by atoms with Crippen molar-refractivity contribution in [3.8, 4) is 28.6 Å². The minimum absolute atomic E-state index is 0.0778. The van der Waals surface area contributed by atoms with Crippen LogP contribution in [-0.4, -0.2) is 27.4 Å². The van der Waals surface area contributed by atoms with Crippen LogP contribution in [-0.2, 0) is 12.0 Å². The van der Waals surface area contributed by atoms with Crippen molar-refractivity contribution in [2.75, 3.05) is 7.11 Å². The highest BCUT2D eigenvalue weighted by atomic mass is 16.5. The zero-order valence-electron chi connectivity index (χ0n) is 15.4. The van der Waals surface area contributed by atoms with Crippen molar-refractivity contribution in [2.24, 2.45) is 0 Å². The Labute approximate surface area is 152 Å². The minimum Gasteiger partial charge on any atom is -0.504 e. The summed E-state index contributed by atoms with van der Waals surface area (Å²) in [7, 11) is 1.50. The Morgan fingerprint density at radius 3 is 2.46 bits per heavy atom. The van der Waals surface area contributed by atoms with Crippen molar-refractivity contribution in [3.63, 3.8) is 0 Å². The molecule has 0 fully saturated rings. The van der Waals surface area contributed by atoms with Gasteiger partial charge in [-0.25, -0.2) is 4.98 Å². The first-order chi connectivity index (χ1) is 12.4. The summed E-state index contributed by atoms with van der Waals surface area (Å²) >= 11 is 0. The van der Waals surface area contributed by atoms with Crippen molar-refractivity contribution in [1.82, 2.24) is 15.2 Å². The second-order valence-electron chi connectivity index (χ2n) is 7.06. The number of nitrogens with one attached hydrogen (secondary N) is 1. The third-order valence-corrected chi connectivity index (χ3v) is 4.07. The third kappa shape index (κ3) is 3.96. The summed E-state index contributed by atoms with van der Waals surface area (Å²) < 4.78 is 10.9. The molecule has 0 atom stereocenters. The molecule has 0 saturated heterocycles. The van der Waals surface area contributed by atoms with Crippen molar-refractivity contribution < 1.29 is 14.6 Å². The first kappa shape index (κ1) is 17.8. The van der Waals surface area contributed by atoms with E-state index in [1.54, 1.807) is 18.2 Å². The van der Waals surface area contributed by atoms with E-state index in [1.807, 2.05) is 12.1 Å². The average molecular weight is 353 g/mol. The van der Waals surface area contributed by atoms with Crippen LogP contribution in [0.25, 0.3) is 11.4 Å². The lowest BCUT2D eigenvalue weighted by Gasteiger charge is -2.19. The van der Waals surface area contributed by atoms with Gasteiger partial charge >= 0.3 is 0 Å². The van der Waals surface area contributed by atoms with E-state index in [4.69, 9.17) is 9.47 Å². The molecule has 26 heavy (non-hydrogen) atoms. The summed E-state index contributed by atoms with van der Waals surface area (Å²) in [6.07, 6.45) is 0. The predicted octanol–water partition coefficient (Wildman–Crippen LogP) is 4.06. The maximum Gasteiger partial charge on any atom is 0.181 e. The summed E-state index contributed by atoms with van der Waals surface area (Å²) in [6.45, 7) is 6.82. The number of rotatable bonds is 5. The second kappa shape index (κ2) is 7.07. The van der Waals surface area contributed by atoms with Crippen LogP contribution in [0.2, 0.25) is 0 Å². The number of ether oxygens (including phenoxy) is 2. The molecule has 6 heteroatoms. The Bertz CT molecular complexity index is 880. The van der Waals surface area contributed by atoms with Crippen LogP contribution in [0.5, 0.6) is 17.2 Å². The number of aromatic nitrogens is 3. The molecule has 1 aromatic heterocycles. The summed E-state index contributed by atoms with van der Waals surface area (Å²) in [5.74, 6) is 2.37. The Morgan fingerprint density at radius 2 is 1.81 bits per heavy atom. The van der Waals surface area contributed by atoms with Crippen LogP contribution in [0.3, 0.4) is 0 Å². The predicted molar refractivity (Wildman–Crippen MR) is 99.5 cm³/mol. The van der Waals surface area contributed by atoms with Gasteiger partial charge in [-0.1, -0.05) is 32.9 Å². The molecule has 2 N–H and O–H groups in total. The van der Waals surface area contributed by atoms with Crippen LogP contribution in [0.15, 0.2) is 42.5 Å². The van der Waals surface area contributed by atoms with Gasteiger partial charge in [-0.05, 0) is 41.3 Å². The van der Waals surface area contributed by atoms with Gasteiger partial charge in [-0.15, -0.1) is 0 Å². The molecule has 0 unspecified atom stereocenters. The van der Waals surface area contributed by atoms with Crippen LogP contribution < -0.4 is 9.47 Å². The molecular formula is C20H23N3O3. The van der Waals surface area contributed by atoms with Crippen molar-refractivity contribution >= 4 is 0 Å². The molecule has 3 rings (SSSR count). The number of benzene rings is 2. The van der Waals surface area contributed by atoms with E-state index in [0.717, 1.165) is 11.3 Å². The van der Waals surface area contributed by atoms with Gasteiger partial charge in [-0.3, -0.25) is 5.10 Å². The molecule has 0 radical (unpaired) electrons. The van der Waals surface area contributed by atoms with Gasteiger partial charge in [0.15, 0.2) is 23.1 Å². The molecule has 0 spiro atoms. The van der Waals surface area contributed by atoms with E-state index in [-0.39, 0.29) is 17.8 Å². The van der Waals surface area contributed by atoms with E-state index in [1.165, 1.54) is 12.7 Å². The fourth-order valence-corrected chi connectivity index (χ4v) is 2.51. The molecule has 2 aromatic carbocycles. The lowest BCUT2D eigenvalue weighted by Crippen LogP contribution is -2.10. The van der Waals surface area contributed by atoms with Gasteiger partial charge in [0.2, 0.25) is 0 Å². The van der Waals surface area contributed by atoms with Gasteiger partial charge in [0, 0.05) is 5.56 Å². The lowest BCUT2D eigenvalue weighted by molar-refractivity contribution is 0.296. The number of H-pyrrole nitrogens is 1. The zero-order chi connectivity index (χ0) is 18.7. The van der Waals surface area contributed by atoms with Gasteiger partial charge in [0.05, 0.1) is 7.11 Å². The van der Waals surface area contributed by atoms with E-state index < -0.39 is 0 Å². The quantitative estimate of drug-likeness (QED) is 0.723. The van der Waals surface area contributed by atoms with Gasteiger partial charge in [0.1, 0.15) is 12.4 Å². The number of phenols is 1. The van der Waals surface area contributed by atoms with Gasteiger partial charge < -0.3 is 14.6 Å². The molecule has 0 amide bonds. The molecule has 0 aliphatic heterocycles. The third-order valence-electron chi connectivity index (χ3n) is 4.07. The van der Waals surface area contributed by atoms with Crippen LogP contribution in [0, 0.1) is 0 Å². The molecule has 0 bridgehead atoms. The Morgan fingerprint density at radius 1 is 1.08 bits per heavy atom. The monoisotopic (exact) mass is 353 g/mol. The topological polar surface area (TPSA) is 80.3 Å². The summed E-state index contributed by atoms with van der Waals surface area (Å²) in [6, 6.07) is 13.0. The fourth-order valence-electron chi connectivity index (χ4n) is 2.51. The highest BCUT2D eigenvalue weighted by Crippen LogP contribution is 2.30. The van der Waals surface area contributed by atoms with Gasteiger partial charge in [0.25, 0.3) is 0 Å². The van der Waals surface area contributed by atoms with Crippen molar-refractivity contribution in [3.05, 3.63) is 53.9 Å². The fraction of sp³-hybridized carbons (Fsp3) is 0.300. The first-order valence-electron chi connectivity index (χ1n) is 8.39. The SMILES string of the molecule is COc1cc(-c2n[nH]c(COc3ccc(C(C)(C)C)cc3)n2)ccc1O. The van der Waals surface area contributed by atoms with Crippen molar-refractivity contribution in [1.29, 1.82) is 0 Å². The number of hydrogen-bond acceptors (Lipinski definition) is 5. The van der Waals surface area contributed by atoms with Gasteiger partial charge in [-0.2, -0.15) is 5.10 Å². The maximum atomic E-state index is 9.67. The lowest BCUT2D eigenvalue weighted by atomic mass is 9.87. The summed E-state index contributed by atoms with van der Waals surface area (Å²) in [5.41, 5.74) is 2.12. The molecule has 1 heterocycles. The molecule has 136 valence electrons. The van der Waals surface area contributed by atoms with E-state index in [9.17, 15) is 5.11 Å². The summed E-state index contributed by atoms with van der Waals surface area (Å²) in [5, 5.41) is 16.7. The number of methoxy groups -OCH3 is 1. The standard InChI is InChI=1S/C20H23N3O3/c1-20(2,3)14-6-8-15(9-7-14)26-12-18-21-19(23-22-18)13-5-10-16(24)17(11-13)25-4/h5-11,24H,12H2,1-4H3,(H,21,22,23). The van der Waals surface area contributed by atoms with Crippen LogP contribution in [0.4, 0.5) is 0 Å². The molecule has 6 nitrogen and oxygen atoms in total. The van der Waals surface area contributed by atoms with E-state index >= 15 is 0 Å². The number of nitrogens with zero attached hydrogens (tertiary/aromatic N) is 2. The smallest absolute Gasteiger partial charge is 0.181 e. The normalized spacial score (nSPS) is 11.4. The molecule has 0 aliphatic rings. The summed E-state index contributed by atoms with van der Waals surface area (Å²) in [4.78, 5) is 4.43. The molecule has 0 saturated carbocycles. The van der Waals surface area contributed by atoms with Crippen molar-refractivity contribution in [2.45, 2.75) is 32.8 Å². The highest BCUT2D eigenvalue weighted by molar-refractivity contribution is 5.60. The largest absolute Gasteiger partial charge is 0.504 e. The second-order valence-corrected chi connectivity index (χ2v) is 7.06. The first-order valence-corrected chi connectivity index (χ1v) is 8.39. The number of phenolic OH excluding ortho intramolecular Hbond substituents is 1. The van der Waals surface area contributed by atoms with Crippen LogP contribution in [0.1, 0.15) is 32.2 Å². The highest BCUT2D eigenvalue weighted by Gasteiger charge is 2.13. The Hall–Kier alpha value is -3.02. The van der Waals surface area contributed by atoms with E-state index in [2.05, 4.69) is 48.1 Å². The van der Waals surface area contributed by atoms with E-state index in [0.29, 0.717) is 17.4 Å². The Kier molecular flexibility index (Phi) is 4.84. The molecular weight excluding hydrogens is 330 g/mol. The number of aromatic amines is 1. The molecule has 0 aliphatic carbocycles.